The van der Waals surface area contributed by atoms with Gasteiger partial charge in [-0.15, -0.1) is 0 Å². The van der Waals surface area contributed by atoms with Gasteiger partial charge in [0, 0.05) is 11.9 Å². The van der Waals surface area contributed by atoms with Gasteiger partial charge in [0.1, 0.15) is 0 Å². The first-order chi connectivity index (χ1) is 13.3. The van der Waals surface area contributed by atoms with E-state index in [1.54, 1.807) is 22.9 Å². The van der Waals surface area contributed by atoms with Gasteiger partial charge in [-0.25, -0.2) is 19.4 Å². The van der Waals surface area contributed by atoms with Crippen LogP contribution in [0.15, 0.2) is 36.5 Å². The van der Waals surface area contributed by atoms with E-state index in [1.807, 2.05) is 19.9 Å². The molecule has 0 saturated heterocycles. The first kappa shape index (κ1) is 19.8. The maximum Gasteiger partial charge on any atom is 0.359 e. The number of anilines is 1. The van der Waals surface area contributed by atoms with Crippen molar-refractivity contribution in [3.8, 4) is 5.82 Å². The average Bonchev–Trinajstić information content (AvgIpc) is 3.00. The Morgan fingerprint density at radius 2 is 2.00 bits per heavy atom. The van der Waals surface area contributed by atoms with E-state index in [9.17, 15) is 9.59 Å². The van der Waals surface area contributed by atoms with Crippen LogP contribution in [0.2, 0.25) is 10.2 Å². The minimum absolute atomic E-state index is 0.103. The highest BCUT2D eigenvalue weighted by molar-refractivity contribution is 6.33. The van der Waals surface area contributed by atoms with Gasteiger partial charge in [-0.3, -0.25) is 4.79 Å². The average molecular weight is 420 g/mol. The Hall–Kier alpha value is -2.97. The lowest BCUT2D eigenvalue weighted by molar-refractivity contribution is -0.119. The second-order valence-corrected chi connectivity index (χ2v) is 6.57. The summed E-state index contributed by atoms with van der Waals surface area (Å²) in [6.07, 6.45) is 1.49. The summed E-state index contributed by atoms with van der Waals surface area (Å²) >= 11 is 11.9. The molecule has 0 spiro atoms. The molecule has 0 unspecified atom stereocenters. The first-order valence-electron chi connectivity index (χ1n) is 8.13. The van der Waals surface area contributed by atoms with Gasteiger partial charge in [0.05, 0.1) is 16.4 Å². The lowest BCUT2D eigenvalue weighted by Gasteiger charge is -2.09. The van der Waals surface area contributed by atoms with Crippen molar-refractivity contribution in [1.82, 2.24) is 19.7 Å². The molecule has 0 bridgehead atoms. The van der Waals surface area contributed by atoms with E-state index in [0.29, 0.717) is 11.5 Å². The number of hydrogen-bond acceptors (Lipinski definition) is 6. The minimum atomic E-state index is -0.833. The fourth-order valence-corrected chi connectivity index (χ4v) is 2.77. The van der Waals surface area contributed by atoms with Crippen molar-refractivity contribution in [1.29, 1.82) is 0 Å². The molecular weight excluding hydrogens is 405 g/mol. The van der Waals surface area contributed by atoms with E-state index in [0.717, 1.165) is 11.4 Å². The summed E-state index contributed by atoms with van der Waals surface area (Å²) < 4.78 is 6.60. The molecule has 3 aromatic rings. The van der Waals surface area contributed by atoms with Gasteiger partial charge in [-0.05, 0) is 44.2 Å². The monoisotopic (exact) mass is 419 g/mol. The van der Waals surface area contributed by atoms with Gasteiger partial charge >= 0.3 is 5.97 Å². The number of nitrogens with zero attached hydrogens (tertiary/aromatic N) is 4. The molecule has 10 heteroatoms. The number of aromatic nitrogens is 4. The number of rotatable bonds is 5. The number of halogens is 2. The molecule has 144 valence electrons. The molecule has 1 N–H and O–H groups in total. The lowest BCUT2D eigenvalue weighted by atomic mass is 10.3. The second-order valence-electron chi connectivity index (χ2n) is 5.80. The van der Waals surface area contributed by atoms with Crippen LogP contribution < -0.4 is 5.32 Å². The van der Waals surface area contributed by atoms with Gasteiger partial charge in [-0.1, -0.05) is 23.2 Å². The highest BCUT2D eigenvalue weighted by Crippen LogP contribution is 2.19. The quantitative estimate of drug-likeness (QED) is 0.502. The summed E-state index contributed by atoms with van der Waals surface area (Å²) in [6.45, 7) is 3.18. The number of esters is 1. The van der Waals surface area contributed by atoms with Crippen molar-refractivity contribution in [2.24, 2.45) is 0 Å². The molecule has 0 aliphatic rings. The molecule has 3 heterocycles. The van der Waals surface area contributed by atoms with Crippen LogP contribution in [0.4, 0.5) is 5.69 Å². The number of pyridine rings is 2. The van der Waals surface area contributed by atoms with E-state index in [2.05, 4.69) is 20.4 Å². The zero-order valence-electron chi connectivity index (χ0n) is 14.9. The first-order valence-corrected chi connectivity index (χ1v) is 8.88. The number of aryl methyl sites for hydroxylation is 2. The normalized spacial score (nSPS) is 10.6. The zero-order valence-corrected chi connectivity index (χ0v) is 16.5. The van der Waals surface area contributed by atoms with Crippen molar-refractivity contribution in [2.75, 3.05) is 11.9 Å². The molecule has 0 aliphatic heterocycles. The molecule has 1 amide bonds. The third kappa shape index (κ3) is 4.47. The van der Waals surface area contributed by atoms with Gasteiger partial charge in [0.2, 0.25) is 0 Å². The number of nitrogens with one attached hydrogen (secondary N) is 1. The number of hydrogen-bond donors (Lipinski definition) is 1. The molecule has 8 nitrogen and oxygen atoms in total. The third-order valence-electron chi connectivity index (χ3n) is 3.62. The van der Waals surface area contributed by atoms with Gasteiger partial charge < -0.3 is 10.1 Å². The Morgan fingerprint density at radius 1 is 1.21 bits per heavy atom. The van der Waals surface area contributed by atoms with E-state index in [-0.39, 0.29) is 15.9 Å². The summed E-state index contributed by atoms with van der Waals surface area (Å²) in [5.41, 5.74) is 1.86. The van der Waals surface area contributed by atoms with Crippen LogP contribution in [0.5, 0.6) is 0 Å². The van der Waals surface area contributed by atoms with Crippen molar-refractivity contribution in [2.45, 2.75) is 13.8 Å². The van der Waals surface area contributed by atoms with E-state index < -0.39 is 18.5 Å². The SMILES string of the molecule is Cc1cc(C)n(-c2ccc(Cl)c(C(=O)OCC(=O)Nc3cccnc3Cl)n2)n1. The summed E-state index contributed by atoms with van der Waals surface area (Å²) in [5, 5.41) is 7.05. The predicted octanol–water partition coefficient (Wildman–Crippen LogP) is 3.38. The summed E-state index contributed by atoms with van der Waals surface area (Å²) in [4.78, 5) is 32.4. The van der Waals surface area contributed by atoms with E-state index in [4.69, 9.17) is 27.9 Å². The second kappa shape index (κ2) is 8.37. The predicted molar refractivity (Wildman–Crippen MR) is 104 cm³/mol. The van der Waals surface area contributed by atoms with E-state index in [1.165, 1.54) is 12.3 Å². The lowest BCUT2D eigenvalue weighted by Crippen LogP contribution is -2.22. The van der Waals surface area contributed by atoms with E-state index >= 15 is 0 Å². The standard InChI is InChI=1S/C18H15Cl2N5O3/c1-10-8-11(2)25(24-10)14-6-5-12(19)16(23-14)18(27)28-9-15(26)22-13-4-3-7-21-17(13)20/h3-8H,9H2,1-2H3,(H,22,26). The topological polar surface area (TPSA) is 99.0 Å². The number of ether oxygens (including phenoxy) is 1. The Morgan fingerprint density at radius 3 is 2.68 bits per heavy atom. The van der Waals surface area contributed by atoms with Crippen molar-refractivity contribution < 1.29 is 14.3 Å². The van der Waals surface area contributed by atoms with Crippen molar-refractivity contribution >= 4 is 40.8 Å². The summed E-state index contributed by atoms with van der Waals surface area (Å²) in [7, 11) is 0. The van der Waals surface area contributed by atoms with Gasteiger partial charge in [0.15, 0.2) is 23.3 Å². The molecule has 0 atom stereocenters. The molecule has 0 radical (unpaired) electrons. The number of amides is 1. The molecule has 0 fully saturated rings. The Bertz CT molecular complexity index is 1050. The molecular formula is C18H15Cl2N5O3. The highest BCUT2D eigenvalue weighted by atomic mass is 35.5. The summed E-state index contributed by atoms with van der Waals surface area (Å²) in [5.74, 6) is -0.997. The molecule has 28 heavy (non-hydrogen) atoms. The number of carbonyl (C=O) groups is 2. The number of carbonyl (C=O) groups excluding carboxylic acids is 2. The smallest absolute Gasteiger partial charge is 0.359 e. The van der Waals surface area contributed by atoms with Crippen LogP contribution in [0, 0.1) is 13.8 Å². The van der Waals surface area contributed by atoms with Crippen molar-refractivity contribution in [3.63, 3.8) is 0 Å². The zero-order chi connectivity index (χ0) is 20.3. The van der Waals surface area contributed by atoms with Crippen LogP contribution >= 0.6 is 23.2 Å². The van der Waals surface area contributed by atoms with Crippen LogP contribution in [-0.4, -0.2) is 38.2 Å². The summed E-state index contributed by atoms with van der Waals surface area (Å²) in [6, 6.07) is 8.22. The maximum absolute atomic E-state index is 12.3. The van der Waals surface area contributed by atoms with Crippen LogP contribution in [0.3, 0.4) is 0 Å². The molecule has 3 rings (SSSR count). The van der Waals surface area contributed by atoms with Crippen LogP contribution in [0.1, 0.15) is 21.9 Å². The molecule has 0 aliphatic carbocycles. The fourth-order valence-electron chi connectivity index (χ4n) is 2.42. The minimum Gasteiger partial charge on any atom is -0.451 e. The highest BCUT2D eigenvalue weighted by Gasteiger charge is 2.18. The Kier molecular flexibility index (Phi) is 5.91. The third-order valence-corrected chi connectivity index (χ3v) is 4.22. The van der Waals surface area contributed by atoms with Gasteiger partial charge in [-0.2, -0.15) is 5.10 Å². The Labute approximate surface area is 170 Å². The van der Waals surface area contributed by atoms with Crippen LogP contribution in [0.25, 0.3) is 5.82 Å². The maximum atomic E-state index is 12.3. The van der Waals surface area contributed by atoms with Crippen molar-refractivity contribution in [3.05, 3.63) is 63.8 Å². The molecule has 3 aromatic heterocycles. The Balaban J connectivity index is 1.70. The fraction of sp³-hybridized carbons (Fsp3) is 0.167. The molecule has 0 aromatic carbocycles. The largest absolute Gasteiger partial charge is 0.451 e. The van der Waals surface area contributed by atoms with Crippen LogP contribution in [-0.2, 0) is 9.53 Å². The molecule has 0 saturated carbocycles. The van der Waals surface area contributed by atoms with Gasteiger partial charge in [0.25, 0.3) is 5.91 Å².